The summed E-state index contributed by atoms with van der Waals surface area (Å²) in [4.78, 5) is 12.1. The van der Waals surface area contributed by atoms with Gasteiger partial charge in [-0.05, 0) is 53.9 Å². The summed E-state index contributed by atoms with van der Waals surface area (Å²) >= 11 is 0. The highest BCUT2D eigenvalue weighted by molar-refractivity contribution is 5.92. The molecule has 0 spiro atoms. The van der Waals surface area contributed by atoms with Crippen molar-refractivity contribution < 1.29 is 13.6 Å². The quantitative estimate of drug-likeness (QED) is 0.671. The number of benzene rings is 2. The van der Waals surface area contributed by atoms with E-state index in [0.29, 0.717) is 25.3 Å². The van der Waals surface area contributed by atoms with Gasteiger partial charge in [-0.2, -0.15) is 0 Å². The van der Waals surface area contributed by atoms with Crippen LogP contribution in [0.4, 0.5) is 14.6 Å². The number of nitrogens with one attached hydrogen (secondary N) is 2. The van der Waals surface area contributed by atoms with Crippen molar-refractivity contribution in [2.45, 2.75) is 13.0 Å². The summed E-state index contributed by atoms with van der Waals surface area (Å²) in [6, 6.07) is 15.5. The molecular weight excluding hydrogens is 350 g/mol. The van der Waals surface area contributed by atoms with Gasteiger partial charge in [-0.15, -0.1) is 10.2 Å². The SMILES string of the molecule is O=C(NCCc1ccc(F)cc1)c1ccc(NCc2ccc(F)cc2)nn1. The van der Waals surface area contributed by atoms with Gasteiger partial charge in [-0.25, -0.2) is 8.78 Å². The Hall–Kier alpha value is -3.35. The molecule has 7 heteroatoms. The lowest BCUT2D eigenvalue weighted by Crippen LogP contribution is -2.26. The molecule has 2 aromatic carbocycles. The molecule has 0 saturated heterocycles. The van der Waals surface area contributed by atoms with Crippen LogP contribution in [0.5, 0.6) is 0 Å². The van der Waals surface area contributed by atoms with Crippen molar-refractivity contribution in [3.63, 3.8) is 0 Å². The third kappa shape index (κ3) is 5.57. The molecule has 0 fully saturated rings. The molecule has 0 atom stereocenters. The van der Waals surface area contributed by atoms with E-state index in [9.17, 15) is 13.6 Å². The number of nitrogens with zero attached hydrogens (tertiary/aromatic N) is 2. The summed E-state index contributed by atoms with van der Waals surface area (Å²) in [5, 5.41) is 13.7. The predicted molar refractivity (Wildman–Crippen MR) is 98.2 cm³/mol. The Morgan fingerprint density at radius 1 is 0.815 bits per heavy atom. The molecule has 138 valence electrons. The monoisotopic (exact) mass is 368 g/mol. The second-order valence-corrected chi connectivity index (χ2v) is 5.92. The summed E-state index contributed by atoms with van der Waals surface area (Å²) in [5.74, 6) is -0.378. The van der Waals surface area contributed by atoms with Crippen LogP contribution in [0.3, 0.4) is 0 Å². The first-order valence-electron chi connectivity index (χ1n) is 8.45. The minimum atomic E-state index is -0.324. The number of hydrogen-bond donors (Lipinski definition) is 2. The molecule has 1 heterocycles. The topological polar surface area (TPSA) is 66.9 Å². The zero-order valence-electron chi connectivity index (χ0n) is 14.5. The van der Waals surface area contributed by atoms with Crippen molar-refractivity contribution in [2.75, 3.05) is 11.9 Å². The van der Waals surface area contributed by atoms with E-state index in [2.05, 4.69) is 20.8 Å². The molecule has 0 aliphatic heterocycles. The lowest BCUT2D eigenvalue weighted by Gasteiger charge is -2.07. The van der Waals surface area contributed by atoms with Crippen LogP contribution in [0.2, 0.25) is 0 Å². The van der Waals surface area contributed by atoms with Gasteiger partial charge in [-0.3, -0.25) is 4.79 Å². The molecule has 5 nitrogen and oxygen atoms in total. The molecule has 0 radical (unpaired) electrons. The number of carbonyl (C=O) groups excluding carboxylic acids is 1. The Balaban J connectivity index is 1.46. The van der Waals surface area contributed by atoms with Crippen molar-refractivity contribution in [1.82, 2.24) is 15.5 Å². The second-order valence-electron chi connectivity index (χ2n) is 5.92. The lowest BCUT2D eigenvalue weighted by molar-refractivity contribution is 0.0948. The molecule has 27 heavy (non-hydrogen) atoms. The second kappa shape index (κ2) is 8.84. The van der Waals surface area contributed by atoms with Crippen LogP contribution in [0.15, 0.2) is 60.7 Å². The maximum Gasteiger partial charge on any atom is 0.271 e. The van der Waals surface area contributed by atoms with Gasteiger partial charge in [0.15, 0.2) is 5.69 Å². The van der Waals surface area contributed by atoms with E-state index in [1.807, 2.05) is 0 Å². The summed E-state index contributed by atoms with van der Waals surface area (Å²) in [6.07, 6.45) is 0.594. The molecule has 3 aromatic rings. The fourth-order valence-electron chi connectivity index (χ4n) is 2.40. The van der Waals surface area contributed by atoms with Gasteiger partial charge >= 0.3 is 0 Å². The average Bonchev–Trinajstić information content (AvgIpc) is 2.69. The number of carbonyl (C=O) groups is 1. The molecule has 1 amide bonds. The van der Waals surface area contributed by atoms with E-state index in [1.165, 1.54) is 24.3 Å². The first kappa shape index (κ1) is 18.4. The Morgan fingerprint density at radius 2 is 1.44 bits per heavy atom. The summed E-state index contributed by atoms with van der Waals surface area (Å²) in [7, 11) is 0. The molecule has 0 aliphatic carbocycles. The van der Waals surface area contributed by atoms with Gasteiger partial charge < -0.3 is 10.6 Å². The smallest absolute Gasteiger partial charge is 0.271 e. The van der Waals surface area contributed by atoms with Gasteiger partial charge in [-0.1, -0.05) is 24.3 Å². The van der Waals surface area contributed by atoms with Crippen molar-refractivity contribution in [3.05, 3.63) is 89.1 Å². The molecule has 0 bridgehead atoms. The average molecular weight is 368 g/mol. The number of rotatable bonds is 7. The van der Waals surface area contributed by atoms with Crippen LogP contribution >= 0.6 is 0 Å². The maximum atomic E-state index is 12.9. The maximum absolute atomic E-state index is 12.9. The first-order valence-corrected chi connectivity index (χ1v) is 8.45. The van der Waals surface area contributed by atoms with Crippen molar-refractivity contribution in [3.8, 4) is 0 Å². The molecule has 1 aromatic heterocycles. The van der Waals surface area contributed by atoms with E-state index in [1.54, 1.807) is 36.4 Å². The van der Waals surface area contributed by atoms with Crippen LogP contribution in [0.25, 0.3) is 0 Å². The van der Waals surface area contributed by atoms with Gasteiger partial charge in [0.05, 0.1) is 0 Å². The molecular formula is C20H18F2N4O. The van der Waals surface area contributed by atoms with Gasteiger partial charge in [0.2, 0.25) is 0 Å². The predicted octanol–water partition coefficient (Wildman–Crippen LogP) is 3.34. The Kier molecular flexibility index (Phi) is 6.04. The molecule has 0 saturated carbocycles. The number of aromatic nitrogens is 2. The number of anilines is 1. The zero-order valence-corrected chi connectivity index (χ0v) is 14.5. The Bertz CT molecular complexity index is 881. The van der Waals surface area contributed by atoms with E-state index >= 15 is 0 Å². The fourth-order valence-corrected chi connectivity index (χ4v) is 2.40. The van der Waals surface area contributed by atoms with E-state index in [-0.39, 0.29) is 23.2 Å². The highest BCUT2D eigenvalue weighted by atomic mass is 19.1. The largest absolute Gasteiger partial charge is 0.365 e. The number of halogens is 2. The highest BCUT2D eigenvalue weighted by Gasteiger charge is 2.08. The van der Waals surface area contributed by atoms with Crippen LogP contribution in [0.1, 0.15) is 21.6 Å². The zero-order chi connectivity index (χ0) is 19.1. The van der Waals surface area contributed by atoms with Crippen LogP contribution < -0.4 is 10.6 Å². The fraction of sp³-hybridized carbons (Fsp3) is 0.150. The van der Waals surface area contributed by atoms with Crippen molar-refractivity contribution in [1.29, 1.82) is 0 Å². The van der Waals surface area contributed by atoms with Crippen molar-refractivity contribution in [2.24, 2.45) is 0 Å². The van der Waals surface area contributed by atoms with Gasteiger partial charge in [0.1, 0.15) is 17.5 Å². The molecule has 2 N–H and O–H groups in total. The Labute approximate surface area is 155 Å². The van der Waals surface area contributed by atoms with Crippen LogP contribution in [-0.4, -0.2) is 22.6 Å². The summed E-state index contributed by atoms with van der Waals surface area (Å²) in [5.41, 5.74) is 2.05. The number of hydrogen-bond acceptors (Lipinski definition) is 4. The van der Waals surface area contributed by atoms with E-state index in [0.717, 1.165) is 11.1 Å². The van der Waals surface area contributed by atoms with E-state index in [4.69, 9.17) is 0 Å². The van der Waals surface area contributed by atoms with Crippen LogP contribution in [0, 0.1) is 11.6 Å². The first-order chi connectivity index (χ1) is 13.1. The molecule has 0 aliphatic rings. The Morgan fingerprint density at radius 3 is 2.04 bits per heavy atom. The summed E-state index contributed by atoms with van der Waals surface area (Å²) < 4.78 is 25.7. The van der Waals surface area contributed by atoms with Gasteiger partial charge in [0.25, 0.3) is 5.91 Å². The lowest BCUT2D eigenvalue weighted by atomic mass is 10.1. The normalized spacial score (nSPS) is 10.4. The highest BCUT2D eigenvalue weighted by Crippen LogP contribution is 2.08. The third-order valence-corrected chi connectivity index (χ3v) is 3.90. The van der Waals surface area contributed by atoms with E-state index < -0.39 is 0 Å². The summed E-state index contributed by atoms with van der Waals surface area (Å²) in [6.45, 7) is 0.884. The van der Waals surface area contributed by atoms with Crippen LogP contribution in [-0.2, 0) is 13.0 Å². The minimum Gasteiger partial charge on any atom is -0.365 e. The molecule has 0 unspecified atom stereocenters. The number of amides is 1. The molecule has 3 rings (SSSR count). The standard InChI is InChI=1S/C20H18F2N4O/c21-16-5-1-14(2-6-16)11-12-23-20(27)18-9-10-19(26-25-18)24-13-15-3-7-17(22)8-4-15/h1-10H,11-13H2,(H,23,27)(H,24,26). The minimum absolute atomic E-state index is 0.210. The third-order valence-electron chi connectivity index (χ3n) is 3.90. The van der Waals surface area contributed by atoms with Crippen molar-refractivity contribution >= 4 is 11.7 Å². The van der Waals surface area contributed by atoms with Gasteiger partial charge in [0, 0.05) is 13.1 Å².